The molecule has 5 nitrogen and oxygen atoms in total. The Labute approximate surface area is 104 Å². The minimum absolute atomic E-state index is 0.0561. The number of rotatable bonds is 0. The average Bonchev–Trinajstić information content (AvgIpc) is 2.65. The van der Waals surface area contributed by atoms with Crippen molar-refractivity contribution >= 4 is 16.8 Å². The van der Waals surface area contributed by atoms with E-state index in [4.69, 9.17) is 0 Å². The van der Waals surface area contributed by atoms with Gasteiger partial charge < -0.3 is 4.98 Å². The van der Waals surface area contributed by atoms with E-state index < -0.39 is 0 Å². The molecule has 1 atom stereocenters. The van der Waals surface area contributed by atoms with E-state index in [0.717, 1.165) is 29.6 Å². The molecule has 92 valence electrons. The van der Waals surface area contributed by atoms with Gasteiger partial charge in [-0.3, -0.25) is 15.1 Å². The summed E-state index contributed by atoms with van der Waals surface area (Å²) in [4.78, 5) is 17.8. The van der Waals surface area contributed by atoms with Gasteiger partial charge in [-0.15, -0.1) is 0 Å². The zero-order chi connectivity index (χ0) is 12.3. The Morgan fingerprint density at radius 1 is 1.39 bits per heavy atom. The Hall–Kier alpha value is -1.85. The lowest BCUT2D eigenvalue weighted by Gasteiger charge is -2.29. The lowest BCUT2D eigenvalue weighted by atomic mass is 9.97. The van der Waals surface area contributed by atoms with Gasteiger partial charge in [0.2, 0.25) is 0 Å². The SMILES string of the molecule is CN1Cc2[nH]c3cccc4c3c2C(C1)NNC4=O. The number of aromatic nitrogens is 1. The number of hydrazine groups is 1. The van der Waals surface area contributed by atoms with Crippen molar-refractivity contribution in [1.29, 1.82) is 0 Å². The van der Waals surface area contributed by atoms with Crippen LogP contribution >= 0.6 is 0 Å². The van der Waals surface area contributed by atoms with E-state index in [0.29, 0.717) is 0 Å². The van der Waals surface area contributed by atoms with Gasteiger partial charge in [0.1, 0.15) is 0 Å². The van der Waals surface area contributed by atoms with Crippen molar-refractivity contribution in [3.8, 4) is 0 Å². The van der Waals surface area contributed by atoms with E-state index >= 15 is 0 Å². The third-order valence-corrected chi connectivity index (χ3v) is 3.82. The Kier molecular flexibility index (Phi) is 1.87. The summed E-state index contributed by atoms with van der Waals surface area (Å²) >= 11 is 0. The summed E-state index contributed by atoms with van der Waals surface area (Å²) in [6.45, 7) is 1.80. The van der Waals surface area contributed by atoms with Crippen molar-refractivity contribution in [2.75, 3.05) is 13.6 Å². The monoisotopic (exact) mass is 242 g/mol. The fraction of sp³-hybridized carbons (Fsp3) is 0.308. The van der Waals surface area contributed by atoms with E-state index in [1.165, 1.54) is 11.3 Å². The average molecular weight is 242 g/mol. The molecule has 3 heterocycles. The molecule has 0 radical (unpaired) electrons. The summed E-state index contributed by atoms with van der Waals surface area (Å²) in [5.74, 6) is -0.0561. The van der Waals surface area contributed by atoms with Crippen molar-refractivity contribution < 1.29 is 4.79 Å². The molecule has 1 aromatic heterocycles. The van der Waals surface area contributed by atoms with Gasteiger partial charge in [0.05, 0.1) is 11.6 Å². The molecule has 0 fully saturated rings. The first kappa shape index (κ1) is 10.1. The van der Waals surface area contributed by atoms with Crippen molar-refractivity contribution in [1.82, 2.24) is 20.7 Å². The molecular weight excluding hydrogens is 228 g/mol. The minimum atomic E-state index is -0.0561. The Bertz CT molecular complexity index is 660. The van der Waals surface area contributed by atoms with Crippen LogP contribution in [0.1, 0.15) is 27.7 Å². The van der Waals surface area contributed by atoms with Crippen LogP contribution in [0, 0.1) is 0 Å². The van der Waals surface area contributed by atoms with Crippen LogP contribution < -0.4 is 10.9 Å². The van der Waals surface area contributed by atoms with Crippen LogP contribution in [0.5, 0.6) is 0 Å². The predicted molar refractivity (Wildman–Crippen MR) is 68.0 cm³/mol. The number of nitrogens with zero attached hydrogens (tertiary/aromatic N) is 1. The lowest BCUT2D eigenvalue weighted by Crippen LogP contribution is -2.44. The molecule has 5 heteroatoms. The van der Waals surface area contributed by atoms with Gasteiger partial charge in [0.25, 0.3) is 5.91 Å². The van der Waals surface area contributed by atoms with Gasteiger partial charge in [-0.2, -0.15) is 0 Å². The maximum absolute atomic E-state index is 12.1. The second-order valence-electron chi connectivity index (χ2n) is 5.09. The fourth-order valence-corrected chi connectivity index (χ4v) is 3.10. The number of carbonyl (C=O) groups excluding carboxylic acids is 1. The highest BCUT2D eigenvalue weighted by atomic mass is 16.2. The molecule has 18 heavy (non-hydrogen) atoms. The Morgan fingerprint density at radius 3 is 3.17 bits per heavy atom. The summed E-state index contributed by atoms with van der Waals surface area (Å²) in [7, 11) is 2.09. The maximum atomic E-state index is 12.1. The van der Waals surface area contributed by atoms with E-state index in [9.17, 15) is 4.79 Å². The second kappa shape index (κ2) is 3.34. The maximum Gasteiger partial charge on any atom is 0.266 e. The van der Waals surface area contributed by atoms with Crippen molar-refractivity contribution in [3.63, 3.8) is 0 Å². The van der Waals surface area contributed by atoms with Crippen LogP contribution in [0.15, 0.2) is 18.2 Å². The predicted octanol–water partition coefficient (Wildman–Crippen LogP) is 0.902. The van der Waals surface area contributed by atoms with Gasteiger partial charge in [-0.05, 0) is 19.2 Å². The van der Waals surface area contributed by atoms with Crippen LogP contribution in [0.2, 0.25) is 0 Å². The first-order valence-electron chi connectivity index (χ1n) is 6.12. The van der Waals surface area contributed by atoms with E-state index in [1.807, 2.05) is 18.2 Å². The number of aromatic amines is 1. The van der Waals surface area contributed by atoms with Crippen LogP contribution in [-0.4, -0.2) is 29.4 Å². The molecule has 1 unspecified atom stereocenters. The molecule has 3 N–H and O–H groups in total. The number of H-pyrrole nitrogens is 1. The summed E-state index contributed by atoms with van der Waals surface area (Å²) in [5, 5.41) is 1.08. The summed E-state index contributed by atoms with van der Waals surface area (Å²) in [6.07, 6.45) is 0. The molecule has 0 aliphatic carbocycles. The van der Waals surface area contributed by atoms with Gasteiger partial charge in [-0.25, -0.2) is 5.43 Å². The van der Waals surface area contributed by atoms with Crippen LogP contribution in [0.3, 0.4) is 0 Å². The number of likely N-dealkylation sites (N-methyl/N-ethyl adjacent to an activating group) is 1. The van der Waals surface area contributed by atoms with Crippen LogP contribution in [-0.2, 0) is 6.54 Å². The summed E-state index contributed by atoms with van der Waals surface area (Å²) < 4.78 is 0. The fourth-order valence-electron chi connectivity index (χ4n) is 3.10. The summed E-state index contributed by atoms with van der Waals surface area (Å²) in [5.41, 5.74) is 10.2. The molecule has 2 aromatic rings. The highest BCUT2D eigenvalue weighted by Gasteiger charge is 2.31. The van der Waals surface area contributed by atoms with E-state index in [-0.39, 0.29) is 11.9 Å². The molecule has 0 spiro atoms. The molecule has 2 aliphatic heterocycles. The Morgan fingerprint density at radius 2 is 2.28 bits per heavy atom. The molecule has 2 aliphatic rings. The number of carbonyl (C=O) groups is 1. The van der Waals surface area contributed by atoms with Crippen LogP contribution in [0.4, 0.5) is 0 Å². The van der Waals surface area contributed by atoms with Crippen LogP contribution in [0.25, 0.3) is 10.9 Å². The first-order valence-corrected chi connectivity index (χ1v) is 6.12. The standard InChI is InChI=1S/C13H14N4O/c1-17-5-9-12-10(6-17)15-16-13(18)7-3-2-4-8(14-9)11(7)12/h2-4,10,14-15H,5-6H2,1H3,(H,16,18). The smallest absolute Gasteiger partial charge is 0.266 e. The Balaban J connectivity index is 2.10. The van der Waals surface area contributed by atoms with Gasteiger partial charge in [-0.1, -0.05) is 6.07 Å². The van der Waals surface area contributed by atoms with Gasteiger partial charge in [0.15, 0.2) is 0 Å². The molecular formula is C13H14N4O. The van der Waals surface area contributed by atoms with Crippen molar-refractivity contribution in [2.45, 2.75) is 12.6 Å². The number of hydrogen-bond donors (Lipinski definition) is 3. The minimum Gasteiger partial charge on any atom is -0.357 e. The largest absolute Gasteiger partial charge is 0.357 e. The number of benzene rings is 1. The molecule has 1 amide bonds. The third-order valence-electron chi connectivity index (χ3n) is 3.82. The summed E-state index contributed by atoms with van der Waals surface area (Å²) in [6, 6.07) is 5.99. The molecule has 4 rings (SSSR count). The molecule has 0 bridgehead atoms. The third kappa shape index (κ3) is 1.20. The highest BCUT2D eigenvalue weighted by Crippen LogP contribution is 2.35. The topological polar surface area (TPSA) is 60.2 Å². The van der Waals surface area contributed by atoms with Gasteiger partial charge >= 0.3 is 0 Å². The number of amides is 1. The zero-order valence-electron chi connectivity index (χ0n) is 10.1. The number of nitrogens with one attached hydrogen (secondary N) is 3. The van der Waals surface area contributed by atoms with Crippen molar-refractivity contribution in [3.05, 3.63) is 35.0 Å². The van der Waals surface area contributed by atoms with E-state index in [2.05, 4.69) is 27.8 Å². The molecule has 0 saturated carbocycles. The lowest BCUT2D eigenvalue weighted by molar-refractivity contribution is 0.0923. The number of hydrogen-bond acceptors (Lipinski definition) is 3. The molecule has 1 aromatic carbocycles. The highest BCUT2D eigenvalue weighted by molar-refractivity contribution is 6.08. The van der Waals surface area contributed by atoms with Gasteiger partial charge in [0, 0.05) is 35.2 Å². The molecule has 0 saturated heterocycles. The normalized spacial score (nSPS) is 22.9. The zero-order valence-corrected chi connectivity index (χ0v) is 10.1. The quantitative estimate of drug-likeness (QED) is 0.643. The first-order chi connectivity index (χ1) is 8.74. The van der Waals surface area contributed by atoms with E-state index in [1.54, 1.807) is 0 Å². The second-order valence-corrected chi connectivity index (χ2v) is 5.09. The van der Waals surface area contributed by atoms with Crippen molar-refractivity contribution in [2.24, 2.45) is 0 Å².